The zero-order valence-electron chi connectivity index (χ0n) is 8.98. The Morgan fingerprint density at radius 1 is 1.56 bits per heavy atom. The predicted molar refractivity (Wildman–Crippen MR) is 72.8 cm³/mol. The maximum Gasteiger partial charge on any atom is 0.148 e. The van der Waals surface area contributed by atoms with Crippen molar-refractivity contribution in [1.82, 2.24) is 9.97 Å². The van der Waals surface area contributed by atoms with E-state index in [2.05, 4.69) is 36.9 Å². The number of nitrogen functional groups attached to an aromatic ring is 1. The number of hydrogen-bond donors (Lipinski definition) is 1. The third-order valence-electron chi connectivity index (χ3n) is 2.38. The summed E-state index contributed by atoms with van der Waals surface area (Å²) in [5, 5.41) is 0. The third kappa shape index (κ3) is 2.49. The first-order valence-corrected chi connectivity index (χ1v) is 6.86. The SMILES string of the molecule is CN(CC1=CCSC1)c1ncnc(N)c1Br. The predicted octanol–water partition coefficient (Wildman–Crippen LogP) is 1.93. The second-order valence-electron chi connectivity index (χ2n) is 3.63. The van der Waals surface area contributed by atoms with Crippen molar-refractivity contribution < 1.29 is 0 Å². The molecule has 1 aliphatic rings. The largest absolute Gasteiger partial charge is 0.383 e. The van der Waals surface area contributed by atoms with Gasteiger partial charge in [0.2, 0.25) is 0 Å². The molecule has 1 aliphatic heterocycles. The number of aromatic nitrogens is 2. The molecule has 16 heavy (non-hydrogen) atoms. The molecule has 1 aromatic rings. The van der Waals surface area contributed by atoms with Crippen LogP contribution in [0.3, 0.4) is 0 Å². The highest BCUT2D eigenvalue weighted by Crippen LogP contribution is 2.28. The summed E-state index contributed by atoms with van der Waals surface area (Å²) in [6.45, 7) is 0.891. The molecule has 0 spiro atoms. The Labute approximate surface area is 107 Å². The van der Waals surface area contributed by atoms with Crippen LogP contribution in [0.25, 0.3) is 0 Å². The minimum atomic E-state index is 0.478. The first-order valence-electron chi connectivity index (χ1n) is 4.91. The topological polar surface area (TPSA) is 55.0 Å². The Kier molecular flexibility index (Phi) is 3.70. The summed E-state index contributed by atoms with van der Waals surface area (Å²) < 4.78 is 0.767. The number of likely N-dealkylation sites (N-methyl/N-ethyl adjacent to an activating group) is 1. The van der Waals surface area contributed by atoms with Crippen LogP contribution in [0.15, 0.2) is 22.4 Å². The van der Waals surface area contributed by atoms with Crippen LogP contribution < -0.4 is 10.6 Å². The van der Waals surface area contributed by atoms with Crippen LogP contribution in [-0.2, 0) is 0 Å². The monoisotopic (exact) mass is 300 g/mol. The van der Waals surface area contributed by atoms with E-state index < -0.39 is 0 Å². The summed E-state index contributed by atoms with van der Waals surface area (Å²) in [5.74, 6) is 3.55. The van der Waals surface area contributed by atoms with Gasteiger partial charge in [0.1, 0.15) is 22.4 Å². The van der Waals surface area contributed by atoms with Crippen molar-refractivity contribution in [3.8, 4) is 0 Å². The Balaban J connectivity index is 2.14. The van der Waals surface area contributed by atoms with Crippen molar-refractivity contribution in [2.75, 3.05) is 35.7 Å². The van der Waals surface area contributed by atoms with Gasteiger partial charge in [-0.15, -0.1) is 0 Å². The Bertz CT molecular complexity index is 421. The van der Waals surface area contributed by atoms with Crippen molar-refractivity contribution in [3.63, 3.8) is 0 Å². The van der Waals surface area contributed by atoms with Crippen LogP contribution >= 0.6 is 27.7 Å². The lowest BCUT2D eigenvalue weighted by atomic mass is 10.3. The van der Waals surface area contributed by atoms with Gasteiger partial charge in [-0.3, -0.25) is 0 Å². The minimum absolute atomic E-state index is 0.478. The molecule has 0 saturated carbocycles. The Morgan fingerprint density at radius 2 is 2.38 bits per heavy atom. The average Bonchev–Trinajstić information content (AvgIpc) is 2.74. The molecule has 0 amide bonds. The number of anilines is 2. The van der Waals surface area contributed by atoms with E-state index in [0.29, 0.717) is 5.82 Å². The van der Waals surface area contributed by atoms with Crippen LogP contribution in [0.2, 0.25) is 0 Å². The van der Waals surface area contributed by atoms with Crippen molar-refractivity contribution in [1.29, 1.82) is 0 Å². The van der Waals surface area contributed by atoms with Crippen molar-refractivity contribution in [3.05, 3.63) is 22.4 Å². The van der Waals surface area contributed by atoms with Gasteiger partial charge in [0.05, 0.1) is 0 Å². The first-order chi connectivity index (χ1) is 7.68. The molecule has 2 rings (SSSR count). The summed E-state index contributed by atoms with van der Waals surface area (Å²) in [5.41, 5.74) is 7.16. The Hall–Kier alpha value is -0.750. The summed E-state index contributed by atoms with van der Waals surface area (Å²) in [6, 6.07) is 0. The third-order valence-corrected chi connectivity index (χ3v) is 4.12. The zero-order valence-corrected chi connectivity index (χ0v) is 11.4. The molecule has 1 aromatic heterocycles. The highest BCUT2D eigenvalue weighted by molar-refractivity contribution is 9.10. The molecule has 6 heteroatoms. The summed E-state index contributed by atoms with van der Waals surface area (Å²) >= 11 is 5.35. The molecule has 0 unspecified atom stereocenters. The van der Waals surface area contributed by atoms with E-state index in [1.807, 2.05) is 18.8 Å². The van der Waals surface area contributed by atoms with Crippen molar-refractivity contribution in [2.24, 2.45) is 0 Å². The number of nitrogens with two attached hydrogens (primary N) is 1. The van der Waals surface area contributed by atoms with Crippen molar-refractivity contribution >= 4 is 39.3 Å². The molecular formula is C10H13BrN4S. The van der Waals surface area contributed by atoms with Crippen LogP contribution in [-0.4, -0.2) is 35.1 Å². The molecule has 0 aromatic carbocycles. The highest BCUT2D eigenvalue weighted by atomic mass is 79.9. The van der Waals surface area contributed by atoms with Crippen LogP contribution in [0.5, 0.6) is 0 Å². The van der Waals surface area contributed by atoms with Crippen molar-refractivity contribution in [2.45, 2.75) is 0 Å². The van der Waals surface area contributed by atoms with E-state index in [9.17, 15) is 0 Å². The van der Waals surface area contributed by atoms with Gasteiger partial charge in [-0.05, 0) is 21.5 Å². The molecule has 0 bridgehead atoms. The van der Waals surface area contributed by atoms with Gasteiger partial charge in [0.25, 0.3) is 0 Å². The smallest absolute Gasteiger partial charge is 0.148 e. The lowest BCUT2D eigenvalue weighted by molar-refractivity contribution is 0.940. The summed E-state index contributed by atoms with van der Waals surface area (Å²) in [6.07, 6.45) is 3.77. The quantitative estimate of drug-likeness (QED) is 0.865. The van der Waals surface area contributed by atoms with Crippen LogP contribution in [0.1, 0.15) is 0 Å². The normalized spacial score (nSPS) is 15.0. The molecule has 2 heterocycles. The van der Waals surface area contributed by atoms with E-state index >= 15 is 0 Å². The molecule has 0 atom stereocenters. The lowest BCUT2D eigenvalue weighted by Crippen LogP contribution is -2.22. The van der Waals surface area contributed by atoms with Gasteiger partial charge in [-0.25, -0.2) is 9.97 Å². The van der Waals surface area contributed by atoms with E-state index in [0.717, 1.165) is 28.3 Å². The van der Waals surface area contributed by atoms with Gasteiger partial charge in [0, 0.05) is 25.1 Å². The second kappa shape index (κ2) is 5.05. The molecule has 4 nitrogen and oxygen atoms in total. The average molecular weight is 301 g/mol. The second-order valence-corrected chi connectivity index (χ2v) is 5.45. The Morgan fingerprint density at radius 3 is 3.06 bits per heavy atom. The van der Waals surface area contributed by atoms with Gasteiger partial charge < -0.3 is 10.6 Å². The first kappa shape index (κ1) is 11.7. The van der Waals surface area contributed by atoms with Gasteiger partial charge >= 0.3 is 0 Å². The standard InChI is InChI=1S/C10H13BrN4S/c1-15(4-7-2-3-16-5-7)10-8(11)9(12)13-6-14-10/h2,6H,3-5H2,1H3,(H2,12,13,14). The number of thioether (sulfide) groups is 1. The molecule has 0 saturated heterocycles. The summed E-state index contributed by atoms with van der Waals surface area (Å²) in [4.78, 5) is 10.2. The van der Waals surface area contributed by atoms with E-state index in [4.69, 9.17) is 5.73 Å². The molecular weight excluding hydrogens is 288 g/mol. The molecule has 0 aliphatic carbocycles. The number of nitrogens with zero attached hydrogens (tertiary/aromatic N) is 3. The highest BCUT2D eigenvalue weighted by Gasteiger charge is 2.13. The van der Waals surface area contributed by atoms with Gasteiger partial charge in [0.15, 0.2) is 0 Å². The van der Waals surface area contributed by atoms with E-state index in [-0.39, 0.29) is 0 Å². The van der Waals surface area contributed by atoms with Crippen LogP contribution in [0, 0.1) is 0 Å². The maximum absolute atomic E-state index is 5.72. The van der Waals surface area contributed by atoms with Gasteiger partial charge in [-0.1, -0.05) is 6.08 Å². The molecule has 0 radical (unpaired) electrons. The van der Waals surface area contributed by atoms with Crippen LogP contribution in [0.4, 0.5) is 11.6 Å². The fourth-order valence-corrected chi connectivity index (χ4v) is 3.01. The van der Waals surface area contributed by atoms with E-state index in [1.165, 1.54) is 11.9 Å². The fraction of sp³-hybridized carbons (Fsp3) is 0.400. The van der Waals surface area contributed by atoms with Gasteiger partial charge in [-0.2, -0.15) is 11.8 Å². The zero-order chi connectivity index (χ0) is 11.5. The molecule has 86 valence electrons. The minimum Gasteiger partial charge on any atom is -0.383 e. The molecule has 0 fully saturated rings. The summed E-state index contributed by atoms with van der Waals surface area (Å²) in [7, 11) is 2.01. The number of hydrogen-bond acceptors (Lipinski definition) is 5. The number of rotatable bonds is 3. The van der Waals surface area contributed by atoms with E-state index in [1.54, 1.807) is 0 Å². The molecule has 2 N–H and O–H groups in total. The number of halogens is 1. The fourth-order valence-electron chi connectivity index (χ4n) is 1.56. The lowest BCUT2D eigenvalue weighted by Gasteiger charge is -2.20. The maximum atomic E-state index is 5.72.